The summed E-state index contributed by atoms with van der Waals surface area (Å²) in [6.45, 7) is 4.28. The molecule has 0 aliphatic heterocycles. The number of alkyl halides is 3. The Morgan fingerprint density at radius 2 is 2.07 bits per heavy atom. The quantitative estimate of drug-likeness (QED) is 0.794. The van der Waals surface area contributed by atoms with E-state index in [1.165, 1.54) is 12.4 Å². The lowest BCUT2D eigenvalue weighted by Gasteiger charge is -2.47. The van der Waals surface area contributed by atoms with Gasteiger partial charge in [-0.05, 0) is 42.9 Å². The van der Waals surface area contributed by atoms with E-state index in [0.717, 1.165) is 25.3 Å². The summed E-state index contributed by atoms with van der Waals surface area (Å²) in [4.78, 5) is 5.90. The van der Waals surface area contributed by atoms with Gasteiger partial charge in [0.25, 0.3) is 0 Å². The first-order chi connectivity index (χ1) is 12.6. The van der Waals surface area contributed by atoms with Crippen LogP contribution in [0.3, 0.4) is 0 Å². The third-order valence-electron chi connectivity index (χ3n) is 5.63. The summed E-state index contributed by atoms with van der Waals surface area (Å²) in [5.41, 5.74) is -0.865. The van der Waals surface area contributed by atoms with Crippen molar-refractivity contribution >= 4 is 5.69 Å². The second-order valence-corrected chi connectivity index (χ2v) is 7.76. The van der Waals surface area contributed by atoms with Crippen LogP contribution in [-0.4, -0.2) is 27.9 Å². The van der Waals surface area contributed by atoms with Gasteiger partial charge in [0.2, 0.25) is 0 Å². The molecule has 0 spiro atoms. The Bertz CT molecular complexity index is 836. The molecule has 3 rings (SSSR count). The van der Waals surface area contributed by atoms with Gasteiger partial charge in [-0.15, -0.1) is 0 Å². The number of rotatable bonds is 3. The van der Waals surface area contributed by atoms with Crippen LogP contribution in [0.1, 0.15) is 50.3 Å². The Morgan fingerprint density at radius 1 is 1.33 bits per heavy atom. The number of nitrogens with zero attached hydrogens (tertiary/aromatic N) is 5. The van der Waals surface area contributed by atoms with E-state index in [4.69, 9.17) is 5.26 Å². The van der Waals surface area contributed by atoms with E-state index in [-0.39, 0.29) is 23.1 Å². The molecule has 0 amide bonds. The molecule has 2 atom stereocenters. The minimum atomic E-state index is -4.56. The number of hydrogen-bond acceptors (Lipinski definition) is 4. The summed E-state index contributed by atoms with van der Waals surface area (Å²) in [5.74, 6) is 0. The molecule has 1 aromatic heterocycles. The number of hydrogen-bond donors (Lipinski definition) is 0. The van der Waals surface area contributed by atoms with Crippen LogP contribution in [0.2, 0.25) is 0 Å². The molecule has 27 heavy (non-hydrogen) atoms. The van der Waals surface area contributed by atoms with Gasteiger partial charge in [-0.25, -0.2) is 9.67 Å². The maximum atomic E-state index is 13.3. The van der Waals surface area contributed by atoms with Crippen LogP contribution in [0.5, 0.6) is 0 Å². The van der Waals surface area contributed by atoms with Gasteiger partial charge in [-0.1, -0.05) is 13.8 Å². The zero-order valence-corrected chi connectivity index (χ0v) is 15.5. The van der Waals surface area contributed by atoms with Gasteiger partial charge in [0.15, 0.2) is 0 Å². The van der Waals surface area contributed by atoms with Crippen LogP contribution in [-0.2, 0) is 6.18 Å². The molecule has 0 radical (unpaired) electrons. The van der Waals surface area contributed by atoms with Crippen molar-refractivity contribution in [3.8, 4) is 6.07 Å². The molecular weight excluding hydrogens is 355 g/mol. The van der Waals surface area contributed by atoms with Gasteiger partial charge < -0.3 is 4.90 Å². The minimum Gasteiger partial charge on any atom is -0.371 e. The van der Waals surface area contributed by atoms with Crippen molar-refractivity contribution in [2.45, 2.75) is 51.4 Å². The molecule has 0 N–H and O–H groups in total. The van der Waals surface area contributed by atoms with E-state index in [0.29, 0.717) is 5.69 Å². The molecule has 5 nitrogen and oxygen atoms in total. The molecule has 144 valence electrons. The van der Waals surface area contributed by atoms with Crippen molar-refractivity contribution in [3.63, 3.8) is 0 Å². The Kier molecular flexibility index (Phi) is 4.89. The zero-order chi connectivity index (χ0) is 19.8. The number of benzene rings is 1. The second-order valence-electron chi connectivity index (χ2n) is 7.76. The fourth-order valence-corrected chi connectivity index (χ4v) is 3.99. The van der Waals surface area contributed by atoms with Gasteiger partial charge in [-0.3, -0.25) is 0 Å². The van der Waals surface area contributed by atoms with Gasteiger partial charge in [-0.2, -0.15) is 23.5 Å². The summed E-state index contributed by atoms with van der Waals surface area (Å²) in [6.07, 6.45) is 1.25. The standard InChI is InChI=1S/C19H22F3N5/c1-18(2)7-6-15(27-12-24-11-25-27)9-17(18)26(3)14-5-4-13(10-23)16(8-14)19(20,21)22/h4-5,8,11-12,15,17H,6-7,9H2,1-3H3. The summed E-state index contributed by atoms with van der Waals surface area (Å²) in [5, 5.41) is 13.2. The van der Waals surface area contributed by atoms with Crippen LogP contribution < -0.4 is 4.90 Å². The van der Waals surface area contributed by atoms with Crippen molar-refractivity contribution in [1.82, 2.24) is 14.8 Å². The van der Waals surface area contributed by atoms with Crippen molar-refractivity contribution in [2.75, 3.05) is 11.9 Å². The van der Waals surface area contributed by atoms with Crippen LogP contribution >= 0.6 is 0 Å². The van der Waals surface area contributed by atoms with Crippen LogP contribution in [0.4, 0.5) is 18.9 Å². The number of anilines is 1. The Labute approximate surface area is 156 Å². The van der Waals surface area contributed by atoms with Gasteiger partial charge in [0.05, 0.1) is 23.2 Å². The molecular formula is C19H22F3N5. The fourth-order valence-electron chi connectivity index (χ4n) is 3.99. The second kappa shape index (κ2) is 6.87. The predicted molar refractivity (Wildman–Crippen MR) is 95.0 cm³/mol. The van der Waals surface area contributed by atoms with E-state index in [9.17, 15) is 13.2 Å². The maximum absolute atomic E-state index is 13.3. The molecule has 2 unspecified atom stereocenters. The molecule has 1 fully saturated rings. The lowest BCUT2D eigenvalue weighted by atomic mass is 9.70. The van der Waals surface area contributed by atoms with Gasteiger partial charge in [0.1, 0.15) is 12.7 Å². The van der Waals surface area contributed by atoms with Crippen molar-refractivity contribution in [1.29, 1.82) is 5.26 Å². The maximum Gasteiger partial charge on any atom is 0.417 e. The van der Waals surface area contributed by atoms with E-state index in [1.54, 1.807) is 18.5 Å². The molecule has 1 aliphatic rings. The van der Waals surface area contributed by atoms with E-state index >= 15 is 0 Å². The average molecular weight is 377 g/mol. The van der Waals surface area contributed by atoms with E-state index in [1.807, 2.05) is 16.6 Å². The van der Waals surface area contributed by atoms with Crippen LogP contribution in [0.15, 0.2) is 30.9 Å². The molecule has 1 heterocycles. The molecule has 1 aliphatic carbocycles. The molecule has 2 aromatic rings. The number of halogens is 3. The molecule has 0 saturated heterocycles. The summed E-state index contributed by atoms with van der Waals surface area (Å²) < 4.78 is 41.8. The van der Waals surface area contributed by atoms with Gasteiger partial charge >= 0.3 is 6.18 Å². The Hall–Kier alpha value is -2.56. The number of nitriles is 1. The van der Waals surface area contributed by atoms with Gasteiger partial charge in [0, 0.05) is 18.8 Å². The molecule has 1 saturated carbocycles. The molecule has 8 heteroatoms. The lowest BCUT2D eigenvalue weighted by molar-refractivity contribution is -0.137. The van der Waals surface area contributed by atoms with Crippen molar-refractivity contribution in [3.05, 3.63) is 42.0 Å². The van der Waals surface area contributed by atoms with E-state index < -0.39 is 11.7 Å². The van der Waals surface area contributed by atoms with Crippen LogP contribution in [0.25, 0.3) is 0 Å². The number of aromatic nitrogens is 3. The monoisotopic (exact) mass is 377 g/mol. The third kappa shape index (κ3) is 3.77. The van der Waals surface area contributed by atoms with Crippen molar-refractivity contribution < 1.29 is 13.2 Å². The largest absolute Gasteiger partial charge is 0.417 e. The van der Waals surface area contributed by atoms with Crippen LogP contribution in [0, 0.1) is 16.7 Å². The minimum absolute atomic E-state index is 0.0227. The summed E-state index contributed by atoms with van der Waals surface area (Å²) in [7, 11) is 1.82. The highest BCUT2D eigenvalue weighted by atomic mass is 19.4. The van der Waals surface area contributed by atoms with E-state index in [2.05, 4.69) is 23.9 Å². The zero-order valence-electron chi connectivity index (χ0n) is 15.5. The van der Waals surface area contributed by atoms with Crippen molar-refractivity contribution in [2.24, 2.45) is 5.41 Å². The third-order valence-corrected chi connectivity index (χ3v) is 5.63. The summed E-state index contributed by atoms with van der Waals surface area (Å²) in [6, 6.07) is 5.73. The first-order valence-electron chi connectivity index (χ1n) is 8.82. The topological polar surface area (TPSA) is 57.7 Å². The highest BCUT2D eigenvalue weighted by molar-refractivity contribution is 5.55. The normalized spacial score (nSPS) is 22.3. The summed E-state index contributed by atoms with van der Waals surface area (Å²) >= 11 is 0. The predicted octanol–water partition coefficient (Wildman–Crippen LogP) is 4.42. The SMILES string of the molecule is CN(c1ccc(C#N)c(C(F)(F)F)c1)C1CC(n2cncn2)CCC1(C)C. The smallest absolute Gasteiger partial charge is 0.371 e. The first kappa shape index (κ1) is 19.2. The average Bonchev–Trinajstić information content (AvgIpc) is 3.14. The fraction of sp³-hybridized carbons (Fsp3) is 0.526. The molecule has 1 aromatic carbocycles. The molecule has 0 bridgehead atoms. The lowest BCUT2D eigenvalue weighted by Crippen LogP contribution is -2.48. The highest BCUT2D eigenvalue weighted by Gasteiger charge is 2.40. The Morgan fingerprint density at radius 3 is 2.67 bits per heavy atom. The highest BCUT2D eigenvalue weighted by Crippen LogP contribution is 2.44. The first-order valence-corrected chi connectivity index (χ1v) is 8.82. The Balaban J connectivity index is 1.93.